The molecule has 1 atom stereocenters. The Kier molecular flexibility index (Phi) is 4.24. The quantitative estimate of drug-likeness (QED) is 0.784. The fourth-order valence-electron chi connectivity index (χ4n) is 1.95. The lowest BCUT2D eigenvalue weighted by Gasteiger charge is -2.05. The highest BCUT2D eigenvalue weighted by Crippen LogP contribution is 2.23. The summed E-state index contributed by atoms with van der Waals surface area (Å²) >= 11 is 0. The van der Waals surface area contributed by atoms with E-state index in [-0.39, 0.29) is 0 Å². The molecule has 0 spiro atoms. The molecule has 1 unspecified atom stereocenters. The maximum Gasteiger partial charge on any atom is 0.548 e. The Morgan fingerprint density at radius 3 is 2.28 bits per heavy atom. The molecule has 2 aromatic carbocycles. The van der Waals surface area contributed by atoms with Crippen molar-refractivity contribution in [3.05, 3.63) is 65.2 Å². The van der Waals surface area contributed by atoms with E-state index in [1.54, 1.807) is 0 Å². The average molecular weight is 259 g/mol. The lowest BCUT2D eigenvalue weighted by atomic mass is 10.0. The van der Waals surface area contributed by atoms with Crippen molar-refractivity contribution in [1.29, 1.82) is 0 Å². The van der Waals surface area contributed by atoms with Gasteiger partial charge in [0.2, 0.25) is 5.30 Å². The molecule has 0 fully saturated rings. The third-order valence-electron chi connectivity index (χ3n) is 3.00. The minimum atomic E-state index is -1.75. The molecule has 0 aromatic heterocycles. The Balaban J connectivity index is 2.35. The van der Waals surface area contributed by atoms with Crippen LogP contribution in [0.4, 0.5) is 0 Å². The molecule has 3 heteroatoms. The van der Waals surface area contributed by atoms with Crippen LogP contribution in [0.15, 0.2) is 48.5 Å². The molecule has 2 nitrogen and oxygen atoms in total. The van der Waals surface area contributed by atoms with E-state index in [9.17, 15) is 4.57 Å². The minimum Gasteiger partial charge on any atom is -0.145 e. The van der Waals surface area contributed by atoms with Gasteiger partial charge in [0.1, 0.15) is 0 Å². The van der Waals surface area contributed by atoms with Crippen LogP contribution in [0.3, 0.4) is 0 Å². The van der Waals surface area contributed by atoms with Crippen LogP contribution in [0.5, 0.6) is 0 Å². The standard InChI is InChI=1S/C15H16O2P/c1-12-7-3-4-8-13(12)11-14-9-5-6-10-15(14)18(16)17-2/h3-10H,11H2,1-2H3/q+1. The summed E-state index contributed by atoms with van der Waals surface area (Å²) in [6, 6.07) is 16.0. The highest BCUT2D eigenvalue weighted by atomic mass is 31.1. The van der Waals surface area contributed by atoms with E-state index >= 15 is 0 Å². The second kappa shape index (κ2) is 5.90. The fourth-order valence-corrected chi connectivity index (χ4v) is 2.74. The molecule has 0 N–H and O–H groups in total. The zero-order valence-corrected chi connectivity index (χ0v) is 11.5. The summed E-state index contributed by atoms with van der Waals surface area (Å²) in [7, 11) is -0.275. The van der Waals surface area contributed by atoms with Gasteiger partial charge in [-0.05, 0) is 28.7 Å². The summed E-state index contributed by atoms with van der Waals surface area (Å²) in [5, 5.41) is 0.790. The van der Waals surface area contributed by atoms with E-state index in [1.165, 1.54) is 18.2 Å². The lowest BCUT2D eigenvalue weighted by molar-refractivity contribution is 0.423. The first-order valence-electron chi connectivity index (χ1n) is 5.86. The molecule has 0 saturated carbocycles. The summed E-state index contributed by atoms with van der Waals surface area (Å²) in [4.78, 5) is 0. The summed E-state index contributed by atoms with van der Waals surface area (Å²) in [5.74, 6) is 0. The molecular formula is C15H16O2P+. The smallest absolute Gasteiger partial charge is 0.145 e. The van der Waals surface area contributed by atoms with Crippen molar-refractivity contribution in [3.8, 4) is 0 Å². The van der Waals surface area contributed by atoms with Crippen LogP contribution in [0.2, 0.25) is 0 Å². The molecule has 0 bridgehead atoms. The molecule has 2 aromatic rings. The van der Waals surface area contributed by atoms with Crippen molar-refractivity contribution >= 4 is 13.3 Å². The highest BCUT2D eigenvalue weighted by molar-refractivity contribution is 7.48. The Hall–Kier alpha value is -1.50. The molecule has 2 rings (SSSR count). The van der Waals surface area contributed by atoms with Gasteiger partial charge in [0.15, 0.2) is 0 Å². The predicted molar refractivity (Wildman–Crippen MR) is 74.7 cm³/mol. The van der Waals surface area contributed by atoms with Crippen molar-refractivity contribution in [2.45, 2.75) is 13.3 Å². The van der Waals surface area contributed by atoms with Gasteiger partial charge in [-0.25, -0.2) is 0 Å². The molecule has 0 amide bonds. The van der Waals surface area contributed by atoms with E-state index in [0.717, 1.165) is 17.3 Å². The van der Waals surface area contributed by atoms with Crippen molar-refractivity contribution < 1.29 is 9.09 Å². The fraction of sp³-hybridized carbons (Fsp3) is 0.200. The van der Waals surface area contributed by atoms with Gasteiger partial charge in [-0.15, -0.1) is 4.52 Å². The molecule has 0 heterocycles. The van der Waals surface area contributed by atoms with E-state index in [4.69, 9.17) is 4.52 Å². The average Bonchev–Trinajstić information content (AvgIpc) is 2.41. The van der Waals surface area contributed by atoms with Crippen LogP contribution < -0.4 is 5.30 Å². The normalized spacial score (nSPS) is 11.3. The van der Waals surface area contributed by atoms with Crippen molar-refractivity contribution in [2.75, 3.05) is 7.11 Å². The molecular weight excluding hydrogens is 243 g/mol. The van der Waals surface area contributed by atoms with Crippen LogP contribution in [0.1, 0.15) is 16.7 Å². The maximum atomic E-state index is 11.8. The van der Waals surface area contributed by atoms with Crippen LogP contribution in [-0.2, 0) is 15.5 Å². The Morgan fingerprint density at radius 2 is 1.61 bits per heavy atom. The molecule has 0 aliphatic carbocycles. The Labute approximate surface area is 108 Å². The van der Waals surface area contributed by atoms with Gasteiger partial charge < -0.3 is 0 Å². The molecule has 18 heavy (non-hydrogen) atoms. The Morgan fingerprint density at radius 1 is 1.00 bits per heavy atom. The zero-order valence-electron chi connectivity index (χ0n) is 10.6. The summed E-state index contributed by atoms with van der Waals surface area (Å²) in [5.41, 5.74) is 3.57. The van der Waals surface area contributed by atoms with Gasteiger partial charge in [-0.2, -0.15) is 0 Å². The first kappa shape index (κ1) is 12.9. The van der Waals surface area contributed by atoms with E-state index in [0.29, 0.717) is 0 Å². The SMILES string of the molecule is CO[P+](=O)c1ccccc1Cc1ccccc1C. The predicted octanol–water partition coefficient (Wildman–Crippen LogP) is 3.60. The number of rotatable bonds is 4. The van der Waals surface area contributed by atoms with Crippen molar-refractivity contribution in [3.63, 3.8) is 0 Å². The highest BCUT2D eigenvalue weighted by Gasteiger charge is 2.24. The molecule has 0 saturated heterocycles. The topological polar surface area (TPSA) is 26.3 Å². The van der Waals surface area contributed by atoms with Gasteiger partial charge >= 0.3 is 8.03 Å². The second-order valence-corrected chi connectivity index (χ2v) is 5.53. The zero-order chi connectivity index (χ0) is 13.0. The number of hydrogen-bond donors (Lipinski definition) is 0. The lowest BCUT2D eigenvalue weighted by Crippen LogP contribution is -2.07. The monoisotopic (exact) mass is 259 g/mol. The van der Waals surface area contributed by atoms with Crippen LogP contribution in [0, 0.1) is 6.92 Å². The third kappa shape index (κ3) is 2.84. The van der Waals surface area contributed by atoms with Crippen LogP contribution in [0.25, 0.3) is 0 Å². The Bertz CT molecular complexity index is 564. The van der Waals surface area contributed by atoms with Gasteiger partial charge in [-0.3, -0.25) is 0 Å². The van der Waals surface area contributed by atoms with E-state index in [2.05, 4.69) is 19.1 Å². The largest absolute Gasteiger partial charge is 0.548 e. The first-order chi connectivity index (χ1) is 8.72. The van der Waals surface area contributed by atoms with Gasteiger partial charge in [0.05, 0.1) is 7.11 Å². The van der Waals surface area contributed by atoms with Gasteiger partial charge in [0, 0.05) is 12.0 Å². The molecule has 0 aliphatic rings. The van der Waals surface area contributed by atoms with Crippen molar-refractivity contribution in [2.24, 2.45) is 0 Å². The summed E-state index contributed by atoms with van der Waals surface area (Å²) < 4.78 is 16.8. The first-order valence-corrected chi connectivity index (χ1v) is 7.04. The third-order valence-corrected chi connectivity index (χ3v) is 4.16. The molecule has 0 aliphatic heterocycles. The minimum absolute atomic E-state index is 0.785. The summed E-state index contributed by atoms with van der Waals surface area (Å²) in [6.07, 6.45) is 0.785. The second-order valence-electron chi connectivity index (χ2n) is 4.17. The van der Waals surface area contributed by atoms with E-state index in [1.807, 2.05) is 36.4 Å². The summed E-state index contributed by atoms with van der Waals surface area (Å²) in [6.45, 7) is 2.09. The van der Waals surface area contributed by atoms with Crippen LogP contribution >= 0.6 is 8.03 Å². The maximum absolute atomic E-state index is 11.8. The molecule has 92 valence electrons. The van der Waals surface area contributed by atoms with Gasteiger partial charge in [-0.1, -0.05) is 42.5 Å². The molecule has 0 radical (unpaired) electrons. The van der Waals surface area contributed by atoms with Crippen LogP contribution in [-0.4, -0.2) is 7.11 Å². The van der Waals surface area contributed by atoms with Gasteiger partial charge in [0.25, 0.3) is 0 Å². The van der Waals surface area contributed by atoms with Crippen molar-refractivity contribution in [1.82, 2.24) is 0 Å². The number of hydrogen-bond acceptors (Lipinski definition) is 2. The number of aryl methyl sites for hydroxylation is 1. The number of benzene rings is 2. The van der Waals surface area contributed by atoms with E-state index < -0.39 is 8.03 Å².